The van der Waals surface area contributed by atoms with E-state index >= 15 is 0 Å². The van der Waals surface area contributed by atoms with Gasteiger partial charge in [-0.05, 0) is 75.5 Å². The minimum Gasteiger partial charge on any atom is -0.497 e. The molecule has 0 spiro atoms. The molecule has 1 heterocycles. The van der Waals surface area contributed by atoms with Gasteiger partial charge in [0.05, 0.1) is 12.6 Å². The van der Waals surface area contributed by atoms with Crippen LogP contribution in [-0.4, -0.2) is 47.8 Å². The third-order valence-corrected chi connectivity index (χ3v) is 5.40. The number of carbonyl (C=O) groups excluding carboxylic acids is 2. The Kier molecular flexibility index (Phi) is 11.4. The monoisotopic (exact) mass is 494 g/mol. The maximum absolute atomic E-state index is 12.7. The van der Waals surface area contributed by atoms with Crippen molar-refractivity contribution in [3.63, 3.8) is 0 Å². The minimum atomic E-state index is -0.218. The standard InChI is InChI=1S/C17H14ClNO2.C8H17NO2.ClH/c1-11-9-13-10-15(21-2)7-8-16(13)19(11)17(20)12-3-5-14(18)6-4-12;1-5-9(6-2)7(3)11-8(4)10;/h3-10H,1-2H3;7H,5-6H2,1-4H3;1H. The molecule has 180 valence electrons. The van der Waals surface area contributed by atoms with Crippen LogP contribution in [0.5, 0.6) is 5.75 Å². The van der Waals surface area contributed by atoms with Crippen molar-refractivity contribution in [3.05, 3.63) is 64.8 Å². The van der Waals surface area contributed by atoms with Gasteiger partial charge < -0.3 is 9.47 Å². The van der Waals surface area contributed by atoms with Crippen molar-refractivity contribution in [2.45, 2.75) is 40.8 Å². The van der Waals surface area contributed by atoms with Crippen LogP contribution in [0.2, 0.25) is 5.02 Å². The van der Waals surface area contributed by atoms with E-state index in [0.717, 1.165) is 35.4 Å². The number of aryl methyl sites for hydroxylation is 1. The summed E-state index contributed by atoms with van der Waals surface area (Å²) in [6, 6.07) is 14.6. The number of benzene rings is 2. The quantitative estimate of drug-likeness (QED) is 0.312. The van der Waals surface area contributed by atoms with E-state index < -0.39 is 0 Å². The van der Waals surface area contributed by atoms with Crippen molar-refractivity contribution in [1.29, 1.82) is 0 Å². The molecule has 0 N–H and O–H groups in total. The van der Waals surface area contributed by atoms with Gasteiger partial charge in [-0.15, -0.1) is 12.4 Å². The zero-order valence-electron chi connectivity index (χ0n) is 19.9. The normalized spacial score (nSPS) is 11.3. The van der Waals surface area contributed by atoms with Crippen LogP contribution in [0.15, 0.2) is 48.5 Å². The molecule has 0 amide bonds. The molecule has 1 unspecified atom stereocenters. The summed E-state index contributed by atoms with van der Waals surface area (Å²) in [7, 11) is 1.63. The smallest absolute Gasteiger partial charge is 0.304 e. The Morgan fingerprint density at radius 3 is 2.18 bits per heavy atom. The van der Waals surface area contributed by atoms with Crippen LogP contribution >= 0.6 is 24.0 Å². The van der Waals surface area contributed by atoms with Gasteiger partial charge in [0, 0.05) is 28.6 Å². The van der Waals surface area contributed by atoms with Gasteiger partial charge in [0.1, 0.15) is 5.75 Å². The SMILES string of the molecule is CCN(CC)C(C)OC(C)=O.COc1ccc2c(c1)cc(C)n2C(=O)c1ccc(Cl)cc1.Cl. The Hall–Kier alpha value is -2.54. The van der Waals surface area contributed by atoms with Crippen molar-refractivity contribution < 1.29 is 19.1 Å². The van der Waals surface area contributed by atoms with Crippen LogP contribution in [0, 0.1) is 6.92 Å². The van der Waals surface area contributed by atoms with Gasteiger partial charge in [0.25, 0.3) is 5.91 Å². The molecule has 3 aromatic rings. The molecule has 6 nitrogen and oxygen atoms in total. The zero-order valence-corrected chi connectivity index (χ0v) is 21.5. The number of halogens is 2. The first-order chi connectivity index (χ1) is 15.2. The van der Waals surface area contributed by atoms with E-state index in [1.54, 1.807) is 35.9 Å². The molecule has 8 heteroatoms. The van der Waals surface area contributed by atoms with E-state index in [1.807, 2.05) is 52.0 Å². The summed E-state index contributed by atoms with van der Waals surface area (Å²) in [4.78, 5) is 25.3. The summed E-state index contributed by atoms with van der Waals surface area (Å²) >= 11 is 5.87. The second kappa shape index (κ2) is 13.2. The van der Waals surface area contributed by atoms with E-state index in [0.29, 0.717) is 10.6 Å². The third-order valence-electron chi connectivity index (χ3n) is 5.15. The van der Waals surface area contributed by atoms with Gasteiger partial charge in [0.2, 0.25) is 0 Å². The number of nitrogens with zero attached hydrogens (tertiary/aromatic N) is 2. The Morgan fingerprint density at radius 1 is 1.06 bits per heavy atom. The second-order valence-corrected chi connectivity index (χ2v) is 7.72. The summed E-state index contributed by atoms with van der Waals surface area (Å²) < 4.78 is 11.9. The minimum absolute atomic E-state index is 0. The molecule has 2 aromatic carbocycles. The van der Waals surface area contributed by atoms with E-state index in [9.17, 15) is 9.59 Å². The fourth-order valence-corrected chi connectivity index (χ4v) is 3.63. The number of esters is 1. The fraction of sp³-hybridized carbons (Fsp3) is 0.360. The van der Waals surface area contributed by atoms with Gasteiger partial charge in [0.15, 0.2) is 6.23 Å². The molecular weight excluding hydrogens is 463 g/mol. The number of rotatable bonds is 6. The average molecular weight is 495 g/mol. The van der Waals surface area contributed by atoms with Gasteiger partial charge in [-0.1, -0.05) is 25.4 Å². The van der Waals surface area contributed by atoms with E-state index in [2.05, 4.69) is 4.90 Å². The van der Waals surface area contributed by atoms with Crippen molar-refractivity contribution in [2.75, 3.05) is 20.2 Å². The lowest BCUT2D eigenvalue weighted by Gasteiger charge is -2.25. The molecule has 1 atom stereocenters. The summed E-state index contributed by atoms with van der Waals surface area (Å²) in [5.41, 5.74) is 2.36. The second-order valence-electron chi connectivity index (χ2n) is 7.29. The average Bonchev–Trinajstić information content (AvgIpc) is 3.09. The lowest BCUT2D eigenvalue weighted by Crippen LogP contribution is -2.35. The Balaban J connectivity index is 0.000000391. The van der Waals surface area contributed by atoms with Crippen molar-refractivity contribution in [1.82, 2.24) is 9.47 Å². The molecular formula is C25H32Cl2N2O4. The van der Waals surface area contributed by atoms with E-state index in [1.165, 1.54) is 6.92 Å². The van der Waals surface area contributed by atoms with Gasteiger partial charge in [-0.2, -0.15) is 0 Å². The maximum atomic E-state index is 12.7. The number of hydrogen-bond acceptors (Lipinski definition) is 5. The molecule has 0 fully saturated rings. The molecule has 0 radical (unpaired) electrons. The predicted molar refractivity (Wildman–Crippen MR) is 136 cm³/mol. The maximum Gasteiger partial charge on any atom is 0.304 e. The number of hydrogen-bond donors (Lipinski definition) is 0. The first-order valence-corrected chi connectivity index (χ1v) is 11.0. The molecule has 0 saturated carbocycles. The lowest BCUT2D eigenvalue weighted by atomic mass is 10.2. The van der Waals surface area contributed by atoms with Crippen molar-refractivity contribution in [2.24, 2.45) is 0 Å². The van der Waals surface area contributed by atoms with Gasteiger partial charge >= 0.3 is 5.97 Å². The van der Waals surface area contributed by atoms with Crippen molar-refractivity contribution in [3.8, 4) is 5.75 Å². The molecule has 0 aliphatic carbocycles. The van der Waals surface area contributed by atoms with Gasteiger partial charge in [-0.3, -0.25) is 19.1 Å². The highest BCUT2D eigenvalue weighted by atomic mass is 35.5. The molecule has 3 rings (SSSR count). The molecule has 0 bridgehead atoms. The zero-order chi connectivity index (χ0) is 23.8. The van der Waals surface area contributed by atoms with E-state index in [4.69, 9.17) is 21.1 Å². The molecule has 1 aromatic heterocycles. The van der Waals surface area contributed by atoms with Crippen LogP contribution in [0.1, 0.15) is 43.7 Å². The highest BCUT2D eigenvalue weighted by Crippen LogP contribution is 2.25. The number of carbonyl (C=O) groups is 2. The Labute approximate surface area is 206 Å². The van der Waals surface area contributed by atoms with Gasteiger partial charge in [-0.25, -0.2) is 0 Å². The topological polar surface area (TPSA) is 60.8 Å². The predicted octanol–water partition coefficient (Wildman–Crippen LogP) is 5.96. The summed E-state index contributed by atoms with van der Waals surface area (Å²) in [6.07, 6.45) is -0.0949. The Morgan fingerprint density at radius 2 is 1.67 bits per heavy atom. The van der Waals surface area contributed by atoms with Crippen LogP contribution in [0.4, 0.5) is 0 Å². The summed E-state index contributed by atoms with van der Waals surface area (Å²) in [5.74, 6) is 0.493. The molecule has 0 aliphatic heterocycles. The third kappa shape index (κ3) is 7.49. The van der Waals surface area contributed by atoms with Crippen LogP contribution < -0.4 is 4.74 Å². The van der Waals surface area contributed by atoms with Crippen molar-refractivity contribution >= 4 is 46.8 Å². The number of fused-ring (bicyclic) bond motifs is 1. The largest absolute Gasteiger partial charge is 0.497 e. The summed E-state index contributed by atoms with van der Waals surface area (Å²) in [5, 5.41) is 1.60. The van der Waals surface area contributed by atoms with Crippen LogP contribution in [0.25, 0.3) is 10.9 Å². The Bertz CT molecular complexity index is 1060. The molecule has 0 saturated heterocycles. The van der Waals surface area contributed by atoms with Crippen LogP contribution in [-0.2, 0) is 9.53 Å². The molecule has 0 aliphatic rings. The first-order valence-electron chi connectivity index (χ1n) is 10.6. The first kappa shape index (κ1) is 28.5. The molecule has 33 heavy (non-hydrogen) atoms. The fourth-order valence-electron chi connectivity index (χ4n) is 3.50. The van der Waals surface area contributed by atoms with Crippen LogP contribution in [0.3, 0.4) is 0 Å². The highest BCUT2D eigenvalue weighted by Gasteiger charge is 2.15. The summed E-state index contributed by atoms with van der Waals surface area (Å²) in [6.45, 7) is 11.1. The number of aromatic nitrogens is 1. The lowest BCUT2D eigenvalue weighted by molar-refractivity contribution is -0.154. The van der Waals surface area contributed by atoms with E-state index in [-0.39, 0.29) is 30.5 Å². The number of methoxy groups -OCH3 is 1. The highest BCUT2D eigenvalue weighted by molar-refractivity contribution is 6.30. The number of ether oxygens (including phenoxy) is 2.